The third kappa shape index (κ3) is 2.90. The number of hydrogen-bond donors (Lipinski definition) is 1. The Morgan fingerprint density at radius 1 is 1.44 bits per heavy atom. The maximum Gasteiger partial charge on any atom is 0.146 e. The number of nitrogens with one attached hydrogen (secondary N) is 1. The fraction of sp³-hybridized carbons (Fsp3) is 0.462. The molecule has 0 unspecified atom stereocenters. The molecule has 0 aliphatic carbocycles. The lowest BCUT2D eigenvalue weighted by molar-refractivity contribution is -0.118. The molecular weight excluding hydrogens is 202 g/mol. The first-order chi connectivity index (χ1) is 7.75. The number of ether oxygens (including phenoxy) is 1. The summed E-state index contributed by atoms with van der Waals surface area (Å²) in [5.74, 6) is 0.200. The van der Waals surface area contributed by atoms with Crippen LogP contribution in [0.2, 0.25) is 0 Å². The highest BCUT2D eigenvalue weighted by Gasteiger charge is 2.27. The molecule has 3 heteroatoms. The van der Waals surface area contributed by atoms with E-state index in [2.05, 4.69) is 5.32 Å². The summed E-state index contributed by atoms with van der Waals surface area (Å²) in [4.78, 5) is 11.1. The molecule has 0 aromatic heterocycles. The molecule has 1 saturated heterocycles. The van der Waals surface area contributed by atoms with Crippen LogP contribution in [0.1, 0.15) is 18.9 Å². The highest BCUT2D eigenvalue weighted by molar-refractivity contribution is 5.81. The van der Waals surface area contributed by atoms with Crippen molar-refractivity contribution in [2.24, 2.45) is 0 Å². The van der Waals surface area contributed by atoms with E-state index in [1.54, 1.807) is 6.92 Å². The monoisotopic (exact) mass is 219 g/mol. The van der Waals surface area contributed by atoms with Gasteiger partial charge >= 0.3 is 0 Å². The van der Waals surface area contributed by atoms with E-state index in [1.165, 1.54) is 5.56 Å². The maximum absolute atomic E-state index is 11.1. The highest BCUT2D eigenvalue weighted by Crippen LogP contribution is 2.13. The smallest absolute Gasteiger partial charge is 0.146 e. The van der Waals surface area contributed by atoms with Crippen LogP contribution in [0.25, 0.3) is 0 Å². The van der Waals surface area contributed by atoms with Crippen LogP contribution in [0.5, 0.6) is 0 Å². The van der Waals surface area contributed by atoms with Gasteiger partial charge in [-0.05, 0) is 18.9 Å². The van der Waals surface area contributed by atoms with Crippen LogP contribution >= 0.6 is 0 Å². The van der Waals surface area contributed by atoms with Crippen molar-refractivity contribution in [1.29, 1.82) is 0 Å². The number of rotatable bonds is 4. The minimum atomic E-state index is -0.0132. The van der Waals surface area contributed by atoms with E-state index in [0.29, 0.717) is 6.61 Å². The summed E-state index contributed by atoms with van der Waals surface area (Å²) < 4.78 is 5.75. The van der Waals surface area contributed by atoms with Crippen LogP contribution in [-0.2, 0) is 16.1 Å². The SMILES string of the molecule is CC(=O)[C@@H]1C[C@@H](OCc2ccccc2)CN1. The number of carbonyl (C=O) groups is 1. The molecule has 0 saturated carbocycles. The van der Waals surface area contributed by atoms with Crippen molar-refractivity contribution < 1.29 is 9.53 Å². The number of hydrogen-bond acceptors (Lipinski definition) is 3. The average Bonchev–Trinajstić information content (AvgIpc) is 2.76. The fourth-order valence-electron chi connectivity index (χ4n) is 1.93. The predicted molar refractivity (Wildman–Crippen MR) is 62.1 cm³/mol. The molecule has 1 N–H and O–H groups in total. The quantitative estimate of drug-likeness (QED) is 0.834. The number of Topliss-reactive ketones (excluding diaryl/α,β-unsaturated/α-hetero) is 1. The zero-order chi connectivity index (χ0) is 11.4. The number of benzene rings is 1. The van der Waals surface area contributed by atoms with Crippen molar-refractivity contribution in [1.82, 2.24) is 5.32 Å². The Balaban J connectivity index is 1.78. The van der Waals surface area contributed by atoms with E-state index < -0.39 is 0 Å². The Morgan fingerprint density at radius 2 is 2.19 bits per heavy atom. The fourth-order valence-corrected chi connectivity index (χ4v) is 1.93. The first kappa shape index (κ1) is 11.3. The van der Waals surface area contributed by atoms with Gasteiger partial charge in [0.05, 0.1) is 18.8 Å². The predicted octanol–water partition coefficient (Wildman–Crippen LogP) is 1.52. The third-order valence-corrected chi connectivity index (χ3v) is 2.91. The van der Waals surface area contributed by atoms with Gasteiger partial charge in [0.2, 0.25) is 0 Å². The molecule has 0 spiro atoms. The molecule has 1 aromatic carbocycles. The third-order valence-electron chi connectivity index (χ3n) is 2.91. The summed E-state index contributed by atoms with van der Waals surface area (Å²) in [6.45, 7) is 3.02. The van der Waals surface area contributed by atoms with E-state index in [1.807, 2.05) is 30.3 Å². The minimum Gasteiger partial charge on any atom is -0.372 e. The zero-order valence-electron chi connectivity index (χ0n) is 9.48. The van der Waals surface area contributed by atoms with Gasteiger partial charge in [-0.3, -0.25) is 4.79 Å². The van der Waals surface area contributed by atoms with Crippen molar-refractivity contribution >= 4 is 5.78 Å². The summed E-state index contributed by atoms with van der Waals surface area (Å²) in [5.41, 5.74) is 1.17. The molecule has 1 aromatic rings. The topological polar surface area (TPSA) is 38.3 Å². The van der Waals surface area contributed by atoms with Gasteiger partial charge in [-0.2, -0.15) is 0 Å². The van der Waals surface area contributed by atoms with Gasteiger partial charge in [0.25, 0.3) is 0 Å². The molecule has 1 fully saturated rings. The molecule has 1 aliphatic heterocycles. The normalized spacial score (nSPS) is 24.6. The molecule has 0 bridgehead atoms. The van der Waals surface area contributed by atoms with Crippen molar-refractivity contribution in [3.63, 3.8) is 0 Å². The maximum atomic E-state index is 11.1. The van der Waals surface area contributed by atoms with Crippen molar-refractivity contribution in [2.75, 3.05) is 6.54 Å². The number of ketones is 1. The van der Waals surface area contributed by atoms with E-state index >= 15 is 0 Å². The first-order valence-corrected chi connectivity index (χ1v) is 5.65. The zero-order valence-corrected chi connectivity index (χ0v) is 9.48. The minimum absolute atomic E-state index is 0.0132. The Kier molecular flexibility index (Phi) is 3.70. The van der Waals surface area contributed by atoms with Gasteiger partial charge in [-0.1, -0.05) is 30.3 Å². The Hall–Kier alpha value is -1.19. The van der Waals surface area contributed by atoms with Crippen LogP contribution in [0.4, 0.5) is 0 Å². The van der Waals surface area contributed by atoms with Crippen LogP contribution in [0.15, 0.2) is 30.3 Å². The average molecular weight is 219 g/mol. The van der Waals surface area contributed by atoms with Crippen LogP contribution in [0, 0.1) is 0 Å². The lowest BCUT2D eigenvalue weighted by Crippen LogP contribution is -2.28. The molecular formula is C13H17NO2. The Morgan fingerprint density at radius 3 is 2.81 bits per heavy atom. The Bertz CT molecular complexity index is 350. The van der Waals surface area contributed by atoms with Gasteiger partial charge < -0.3 is 10.1 Å². The summed E-state index contributed by atoms with van der Waals surface area (Å²) in [7, 11) is 0. The summed E-state index contributed by atoms with van der Waals surface area (Å²) in [6.07, 6.45) is 0.955. The van der Waals surface area contributed by atoms with Gasteiger partial charge in [0, 0.05) is 6.54 Å². The van der Waals surface area contributed by atoms with Crippen LogP contribution in [0.3, 0.4) is 0 Å². The summed E-state index contributed by atoms with van der Waals surface area (Å²) >= 11 is 0. The lowest BCUT2D eigenvalue weighted by Gasteiger charge is -2.10. The van der Waals surface area contributed by atoms with Gasteiger partial charge in [0.15, 0.2) is 0 Å². The molecule has 2 rings (SSSR count). The Labute approximate surface area is 95.8 Å². The van der Waals surface area contributed by atoms with E-state index in [9.17, 15) is 4.79 Å². The van der Waals surface area contributed by atoms with E-state index in [-0.39, 0.29) is 17.9 Å². The second-order valence-electron chi connectivity index (χ2n) is 4.23. The molecule has 16 heavy (non-hydrogen) atoms. The van der Waals surface area contributed by atoms with E-state index in [0.717, 1.165) is 13.0 Å². The van der Waals surface area contributed by atoms with E-state index in [4.69, 9.17) is 4.74 Å². The van der Waals surface area contributed by atoms with Crippen LogP contribution in [-0.4, -0.2) is 24.5 Å². The second-order valence-corrected chi connectivity index (χ2v) is 4.23. The number of carbonyl (C=O) groups excluding carboxylic acids is 1. The molecule has 2 atom stereocenters. The van der Waals surface area contributed by atoms with Crippen LogP contribution < -0.4 is 5.32 Å². The molecule has 3 nitrogen and oxygen atoms in total. The summed E-state index contributed by atoms with van der Waals surface area (Å²) in [5, 5.41) is 3.17. The molecule has 86 valence electrons. The van der Waals surface area contributed by atoms with Crippen molar-refractivity contribution in [3.05, 3.63) is 35.9 Å². The van der Waals surface area contributed by atoms with Gasteiger partial charge in [0.1, 0.15) is 5.78 Å². The molecule has 1 aliphatic rings. The highest BCUT2D eigenvalue weighted by atomic mass is 16.5. The lowest BCUT2D eigenvalue weighted by atomic mass is 10.1. The molecule has 0 amide bonds. The molecule has 0 radical (unpaired) electrons. The van der Waals surface area contributed by atoms with Gasteiger partial charge in [-0.15, -0.1) is 0 Å². The largest absolute Gasteiger partial charge is 0.372 e. The molecule has 1 heterocycles. The standard InChI is InChI=1S/C13H17NO2/c1-10(15)13-7-12(8-14-13)16-9-11-5-3-2-4-6-11/h2-6,12-14H,7-9H2,1H3/t12-,13+/m1/s1. The first-order valence-electron chi connectivity index (χ1n) is 5.65. The summed E-state index contributed by atoms with van der Waals surface area (Å²) in [6, 6.07) is 10.1. The van der Waals surface area contributed by atoms with Gasteiger partial charge in [-0.25, -0.2) is 0 Å². The second kappa shape index (κ2) is 5.23. The van der Waals surface area contributed by atoms with Crippen molar-refractivity contribution in [3.8, 4) is 0 Å². The van der Waals surface area contributed by atoms with Crippen molar-refractivity contribution in [2.45, 2.75) is 32.1 Å².